The summed E-state index contributed by atoms with van der Waals surface area (Å²) in [7, 11) is -0.845. The van der Waals surface area contributed by atoms with Crippen LogP contribution in [0.25, 0.3) is 0 Å². The van der Waals surface area contributed by atoms with Crippen LogP contribution in [0.1, 0.15) is 5.56 Å². The van der Waals surface area contributed by atoms with E-state index in [9.17, 15) is 5.02 Å². The molecule has 0 bridgehead atoms. The number of hydrogen-bond acceptors (Lipinski definition) is 4. The Morgan fingerprint density at radius 1 is 1.39 bits per heavy atom. The number of aromatic amines is 1. The molecule has 1 aromatic heterocycles. The molecule has 0 fully saturated rings. The quantitative estimate of drug-likeness (QED) is 0.548. The summed E-state index contributed by atoms with van der Waals surface area (Å²) < 4.78 is 5.19. The van der Waals surface area contributed by atoms with Crippen molar-refractivity contribution in [1.29, 1.82) is 0 Å². The van der Waals surface area contributed by atoms with Crippen molar-refractivity contribution in [3.8, 4) is 5.75 Å². The maximum absolute atomic E-state index is 9.74. The van der Waals surface area contributed by atoms with E-state index < -0.39 is 7.12 Å². The van der Waals surface area contributed by atoms with Gasteiger partial charge < -0.3 is 19.5 Å². The van der Waals surface area contributed by atoms with Gasteiger partial charge >= 0.3 is 7.12 Å². The van der Waals surface area contributed by atoms with Gasteiger partial charge in [0, 0.05) is 25.1 Å². The van der Waals surface area contributed by atoms with E-state index in [2.05, 4.69) is 10.5 Å². The van der Waals surface area contributed by atoms with E-state index in [4.69, 9.17) is 9.49 Å². The molecule has 1 aromatic carbocycles. The van der Waals surface area contributed by atoms with Crippen LogP contribution in [0, 0.1) is 0 Å². The molecule has 18 heavy (non-hydrogen) atoms. The molecule has 2 aromatic rings. The Morgan fingerprint density at radius 3 is 3.17 bits per heavy atom. The van der Waals surface area contributed by atoms with Gasteiger partial charge in [0.25, 0.3) is 0 Å². The predicted octanol–water partition coefficient (Wildman–Crippen LogP) is 0.681. The molecule has 0 saturated carbocycles. The number of fused-ring (bicyclic) bond motifs is 1. The van der Waals surface area contributed by atoms with Crippen molar-refractivity contribution in [2.45, 2.75) is 6.42 Å². The molecule has 0 amide bonds. The van der Waals surface area contributed by atoms with Crippen LogP contribution in [0.2, 0.25) is 0 Å². The van der Waals surface area contributed by atoms with E-state index in [1.807, 2.05) is 24.3 Å². The molecule has 0 spiro atoms. The third-order valence-corrected chi connectivity index (χ3v) is 2.92. The fourth-order valence-electron chi connectivity index (χ4n) is 1.98. The maximum atomic E-state index is 9.74. The molecule has 0 saturated heterocycles. The van der Waals surface area contributed by atoms with Crippen molar-refractivity contribution < 1.29 is 14.5 Å². The number of H-pyrrole nitrogens is 1. The average Bonchev–Trinajstić information content (AvgIpc) is 2.90. The molecular formula is C12H13BN2O3. The lowest BCUT2D eigenvalue weighted by Crippen LogP contribution is -2.41. The van der Waals surface area contributed by atoms with Gasteiger partial charge in [0.05, 0.1) is 5.69 Å². The van der Waals surface area contributed by atoms with Crippen LogP contribution in [0.5, 0.6) is 5.75 Å². The summed E-state index contributed by atoms with van der Waals surface area (Å²) in [6.45, 7) is 0.556. The molecule has 6 heteroatoms. The molecule has 5 nitrogen and oxygen atoms in total. The fraction of sp³-hybridized carbons (Fsp3) is 0.167. The Bertz CT molecular complexity index is 530. The number of benzene rings is 1. The van der Waals surface area contributed by atoms with Crippen molar-refractivity contribution in [2.24, 2.45) is 0 Å². The monoisotopic (exact) mass is 244 g/mol. The first-order valence-corrected chi connectivity index (χ1v) is 5.81. The molecule has 3 N–H and O–H groups in total. The largest absolute Gasteiger partial charge is 0.491 e. The van der Waals surface area contributed by atoms with Crippen LogP contribution in [-0.2, 0) is 11.1 Å². The van der Waals surface area contributed by atoms with E-state index >= 15 is 0 Å². The zero-order valence-electron chi connectivity index (χ0n) is 9.72. The molecule has 0 aliphatic carbocycles. The second-order valence-corrected chi connectivity index (χ2v) is 4.14. The lowest BCUT2D eigenvalue weighted by atomic mass is 9.73. The topological polar surface area (TPSA) is 66.5 Å². The third-order valence-electron chi connectivity index (χ3n) is 2.92. The van der Waals surface area contributed by atoms with Gasteiger partial charge in [-0.15, -0.1) is 0 Å². The first kappa shape index (κ1) is 11.2. The highest BCUT2D eigenvalue weighted by Crippen LogP contribution is 2.14. The van der Waals surface area contributed by atoms with E-state index in [1.54, 1.807) is 12.4 Å². The smallest absolute Gasteiger partial charge is 0.423 e. The van der Waals surface area contributed by atoms with Gasteiger partial charge in [0.1, 0.15) is 0 Å². The van der Waals surface area contributed by atoms with Gasteiger partial charge in [-0.1, -0.05) is 6.07 Å². The minimum absolute atomic E-state index is 0.556. The Balaban J connectivity index is 1.75. The molecule has 1 aliphatic heterocycles. The lowest BCUT2D eigenvalue weighted by molar-refractivity contribution is 0.266. The van der Waals surface area contributed by atoms with Crippen LogP contribution < -0.4 is 15.8 Å². The maximum Gasteiger partial charge on any atom is 0.491 e. The number of anilines is 1. The normalized spacial score (nSPS) is 14.2. The highest BCUT2D eigenvalue weighted by molar-refractivity contribution is 6.61. The summed E-state index contributed by atoms with van der Waals surface area (Å²) in [6, 6.07) is 7.54. The summed E-state index contributed by atoms with van der Waals surface area (Å²) in [5.74, 6) is 0.699. The number of hydrogen-bond donors (Lipinski definition) is 3. The molecule has 3 rings (SSSR count). The Hall–Kier alpha value is -1.92. The molecule has 92 valence electrons. The second-order valence-electron chi connectivity index (χ2n) is 4.14. The molecule has 0 radical (unpaired) electrons. The third kappa shape index (κ3) is 2.20. The highest BCUT2D eigenvalue weighted by atomic mass is 16.6. The average molecular weight is 244 g/mol. The van der Waals surface area contributed by atoms with Crippen molar-refractivity contribution in [2.75, 3.05) is 12.1 Å². The fourth-order valence-corrected chi connectivity index (χ4v) is 1.98. The molecule has 2 heterocycles. The van der Waals surface area contributed by atoms with E-state index in [1.165, 1.54) is 0 Å². The standard InChI is InChI=1S/C12H13BN2O3/c16-13-12-7-10(2-1-9(12)4-6-17-13)15-18-11-3-5-14-8-11/h1-3,5,7-8,14-16H,4,6H2. The number of aromatic nitrogens is 1. The minimum atomic E-state index is -0.845. The molecule has 0 atom stereocenters. The summed E-state index contributed by atoms with van der Waals surface area (Å²) >= 11 is 0. The minimum Gasteiger partial charge on any atom is -0.423 e. The van der Waals surface area contributed by atoms with E-state index in [0.717, 1.165) is 23.1 Å². The van der Waals surface area contributed by atoms with Gasteiger partial charge in [-0.05, 0) is 29.6 Å². The zero-order valence-corrected chi connectivity index (χ0v) is 9.72. The van der Waals surface area contributed by atoms with Gasteiger partial charge in [0.2, 0.25) is 0 Å². The van der Waals surface area contributed by atoms with Crippen LogP contribution >= 0.6 is 0 Å². The van der Waals surface area contributed by atoms with Crippen molar-refractivity contribution in [1.82, 2.24) is 4.98 Å². The lowest BCUT2D eigenvalue weighted by Gasteiger charge is -2.19. The van der Waals surface area contributed by atoms with Gasteiger partial charge in [-0.3, -0.25) is 0 Å². The highest BCUT2D eigenvalue weighted by Gasteiger charge is 2.24. The SMILES string of the molecule is OB1OCCc2ccc(NOc3cc[nH]c3)cc21. The predicted molar refractivity (Wildman–Crippen MR) is 68.7 cm³/mol. The van der Waals surface area contributed by atoms with Crippen LogP contribution in [-0.4, -0.2) is 23.7 Å². The van der Waals surface area contributed by atoms with Crippen molar-refractivity contribution in [3.05, 3.63) is 42.2 Å². The summed E-state index contributed by atoms with van der Waals surface area (Å²) in [6.07, 6.45) is 4.34. The molecular weight excluding hydrogens is 231 g/mol. The first-order valence-electron chi connectivity index (χ1n) is 5.81. The number of rotatable bonds is 3. The van der Waals surface area contributed by atoms with Crippen LogP contribution in [0.4, 0.5) is 5.69 Å². The van der Waals surface area contributed by atoms with E-state index in [0.29, 0.717) is 12.4 Å². The Morgan fingerprint density at radius 2 is 2.33 bits per heavy atom. The second kappa shape index (κ2) is 4.76. The summed E-state index contributed by atoms with van der Waals surface area (Å²) in [5.41, 5.74) is 5.52. The summed E-state index contributed by atoms with van der Waals surface area (Å²) in [4.78, 5) is 8.25. The van der Waals surface area contributed by atoms with Gasteiger partial charge in [-0.2, -0.15) is 0 Å². The Labute approximate surface area is 105 Å². The van der Waals surface area contributed by atoms with Crippen LogP contribution in [0.3, 0.4) is 0 Å². The van der Waals surface area contributed by atoms with Crippen LogP contribution in [0.15, 0.2) is 36.7 Å². The summed E-state index contributed by atoms with van der Waals surface area (Å²) in [5, 5.41) is 9.74. The molecule has 1 aliphatic rings. The van der Waals surface area contributed by atoms with Crippen molar-refractivity contribution in [3.63, 3.8) is 0 Å². The van der Waals surface area contributed by atoms with Crippen molar-refractivity contribution >= 4 is 18.3 Å². The van der Waals surface area contributed by atoms with E-state index in [-0.39, 0.29) is 0 Å². The van der Waals surface area contributed by atoms with Gasteiger partial charge in [0.15, 0.2) is 5.75 Å². The zero-order chi connectivity index (χ0) is 12.4. The first-order chi connectivity index (χ1) is 8.83. The number of nitrogens with one attached hydrogen (secondary N) is 2. The molecule has 0 unspecified atom stereocenters. The van der Waals surface area contributed by atoms with Gasteiger partial charge in [-0.25, -0.2) is 5.48 Å². The Kier molecular flexibility index (Phi) is 2.96.